The molecule has 3 rings (SSSR count). The van der Waals surface area contributed by atoms with E-state index in [1.165, 1.54) is 49.8 Å². The molecule has 2 N–H and O–H groups in total. The predicted octanol–water partition coefficient (Wildman–Crippen LogP) is 4.12. The van der Waals surface area contributed by atoms with Gasteiger partial charge in [-0.2, -0.15) is 0 Å². The van der Waals surface area contributed by atoms with E-state index in [4.69, 9.17) is 0 Å². The van der Waals surface area contributed by atoms with Gasteiger partial charge < -0.3 is 10.4 Å². The van der Waals surface area contributed by atoms with Crippen molar-refractivity contribution < 1.29 is 5.11 Å². The molecule has 0 aromatic carbocycles. The van der Waals surface area contributed by atoms with Crippen LogP contribution in [0.1, 0.15) is 62.3 Å². The Labute approximate surface area is 126 Å². The Hall–Kier alpha value is -0.380. The number of rotatable bonds is 5. The third kappa shape index (κ3) is 3.44. The molecule has 2 aliphatic carbocycles. The van der Waals surface area contributed by atoms with Gasteiger partial charge in [0.05, 0.1) is 6.10 Å². The average molecular weight is 293 g/mol. The summed E-state index contributed by atoms with van der Waals surface area (Å²) in [6.07, 6.45) is 10.1. The molecule has 1 aromatic heterocycles. The average Bonchev–Trinajstić information content (AvgIpc) is 3.14. The molecule has 0 bridgehead atoms. The highest BCUT2D eigenvalue weighted by atomic mass is 32.1. The fraction of sp³-hybridized carbons (Fsp3) is 0.765. The first-order chi connectivity index (χ1) is 9.84. The second-order valence-corrected chi connectivity index (χ2v) is 7.54. The summed E-state index contributed by atoms with van der Waals surface area (Å²) in [5.74, 6) is 1.27. The lowest BCUT2D eigenvalue weighted by Gasteiger charge is -2.31. The Morgan fingerprint density at radius 3 is 2.60 bits per heavy atom. The van der Waals surface area contributed by atoms with E-state index in [0.717, 1.165) is 18.9 Å². The van der Waals surface area contributed by atoms with E-state index in [9.17, 15) is 5.11 Å². The number of aliphatic hydroxyl groups is 1. The lowest BCUT2D eigenvalue weighted by Crippen LogP contribution is -2.37. The molecule has 3 atom stereocenters. The van der Waals surface area contributed by atoms with E-state index in [2.05, 4.69) is 22.8 Å². The van der Waals surface area contributed by atoms with Gasteiger partial charge >= 0.3 is 0 Å². The third-order valence-corrected chi connectivity index (χ3v) is 6.15. The molecule has 2 fully saturated rings. The Morgan fingerprint density at radius 1 is 1.15 bits per heavy atom. The van der Waals surface area contributed by atoms with Gasteiger partial charge in [0.2, 0.25) is 0 Å². The Kier molecular flexibility index (Phi) is 5.14. The van der Waals surface area contributed by atoms with Crippen LogP contribution in [0.25, 0.3) is 0 Å². The summed E-state index contributed by atoms with van der Waals surface area (Å²) in [5.41, 5.74) is 0. The molecular weight excluding hydrogens is 266 g/mol. The summed E-state index contributed by atoms with van der Waals surface area (Å²) in [6.45, 7) is 0.986. The van der Waals surface area contributed by atoms with Gasteiger partial charge in [0, 0.05) is 17.5 Å². The molecule has 0 amide bonds. The largest absolute Gasteiger partial charge is 0.393 e. The van der Waals surface area contributed by atoms with E-state index in [1.54, 1.807) is 0 Å². The van der Waals surface area contributed by atoms with Crippen molar-refractivity contribution in [2.24, 2.45) is 11.8 Å². The van der Waals surface area contributed by atoms with Crippen LogP contribution in [0.3, 0.4) is 0 Å². The molecule has 2 nitrogen and oxygen atoms in total. The summed E-state index contributed by atoms with van der Waals surface area (Å²) in [5, 5.41) is 16.1. The summed E-state index contributed by atoms with van der Waals surface area (Å²) in [7, 11) is 0. The zero-order valence-corrected chi connectivity index (χ0v) is 13.1. The van der Waals surface area contributed by atoms with Crippen LogP contribution in [0.2, 0.25) is 0 Å². The van der Waals surface area contributed by atoms with Crippen molar-refractivity contribution in [1.29, 1.82) is 0 Å². The van der Waals surface area contributed by atoms with E-state index >= 15 is 0 Å². The lowest BCUT2D eigenvalue weighted by atomic mass is 9.86. The summed E-state index contributed by atoms with van der Waals surface area (Å²) < 4.78 is 0. The lowest BCUT2D eigenvalue weighted by molar-refractivity contribution is 0.0668. The molecular formula is C17H27NOS. The second kappa shape index (κ2) is 7.06. The first kappa shape index (κ1) is 14.6. The predicted molar refractivity (Wildman–Crippen MR) is 85.0 cm³/mol. The molecule has 2 aliphatic rings. The highest BCUT2D eigenvalue weighted by molar-refractivity contribution is 7.10. The van der Waals surface area contributed by atoms with Crippen LogP contribution < -0.4 is 5.32 Å². The van der Waals surface area contributed by atoms with Crippen LogP contribution in [0, 0.1) is 11.8 Å². The van der Waals surface area contributed by atoms with Crippen molar-refractivity contribution in [1.82, 2.24) is 5.32 Å². The molecule has 0 saturated heterocycles. The third-order valence-electron chi connectivity index (χ3n) is 5.19. The van der Waals surface area contributed by atoms with E-state index in [1.807, 2.05) is 11.3 Å². The van der Waals surface area contributed by atoms with Crippen molar-refractivity contribution in [2.45, 2.75) is 63.5 Å². The highest BCUT2D eigenvalue weighted by Crippen LogP contribution is 2.37. The van der Waals surface area contributed by atoms with Crippen molar-refractivity contribution in [2.75, 3.05) is 6.54 Å². The van der Waals surface area contributed by atoms with Gasteiger partial charge in [-0.1, -0.05) is 31.7 Å². The van der Waals surface area contributed by atoms with Crippen LogP contribution in [0.5, 0.6) is 0 Å². The van der Waals surface area contributed by atoms with Crippen LogP contribution in [-0.4, -0.2) is 17.8 Å². The Balaban J connectivity index is 1.61. The minimum atomic E-state index is -0.0798. The van der Waals surface area contributed by atoms with Crippen molar-refractivity contribution in [3.63, 3.8) is 0 Å². The van der Waals surface area contributed by atoms with Gasteiger partial charge in [-0.15, -0.1) is 11.3 Å². The quantitative estimate of drug-likeness (QED) is 0.856. The van der Waals surface area contributed by atoms with E-state index in [0.29, 0.717) is 12.0 Å². The monoisotopic (exact) mass is 293 g/mol. The highest BCUT2D eigenvalue weighted by Gasteiger charge is 2.29. The maximum Gasteiger partial charge on any atom is 0.0580 e. The number of hydrogen-bond acceptors (Lipinski definition) is 3. The van der Waals surface area contributed by atoms with E-state index < -0.39 is 0 Å². The molecule has 1 heterocycles. The van der Waals surface area contributed by atoms with Crippen molar-refractivity contribution >= 4 is 11.3 Å². The summed E-state index contributed by atoms with van der Waals surface area (Å²) in [4.78, 5) is 1.49. The first-order valence-electron chi connectivity index (χ1n) is 8.29. The number of thiophene rings is 1. The van der Waals surface area contributed by atoms with Crippen LogP contribution in [0.15, 0.2) is 17.5 Å². The van der Waals surface area contributed by atoms with Crippen molar-refractivity contribution in [3.05, 3.63) is 22.4 Å². The Morgan fingerprint density at radius 2 is 1.90 bits per heavy atom. The molecule has 3 heteroatoms. The minimum absolute atomic E-state index is 0.0798. The van der Waals surface area contributed by atoms with Gasteiger partial charge in [0.1, 0.15) is 0 Å². The number of nitrogens with one attached hydrogen (secondary N) is 1. The van der Waals surface area contributed by atoms with Crippen LogP contribution in [-0.2, 0) is 0 Å². The minimum Gasteiger partial charge on any atom is -0.393 e. The summed E-state index contributed by atoms with van der Waals surface area (Å²) in [6, 6.07) is 4.96. The van der Waals surface area contributed by atoms with Gasteiger partial charge in [-0.25, -0.2) is 0 Å². The Bertz CT molecular complexity index is 386. The fourth-order valence-electron chi connectivity index (χ4n) is 3.96. The van der Waals surface area contributed by atoms with Crippen LogP contribution in [0.4, 0.5) is 0 Å². The molecule has 1 aromatic rings. The van der Waals surface area contributed by atoms with Gasteiger partial charge in [-0.05, 0) is 49.0 Å². The molecule has 0 radical (unpaired) electrons. The molecule has 2 saturated carbocycles. The van der Waals surface area contributed by atoms with Crippen LogP contribution >= 0.6 is 11.3 Å². The van der Waals surface area contributed by atoms with Gasteiger partial charge in [0.15, 0.2) is 0 Å². The smallest absolute Gasteiger partial charge is 0.0580 e. The SMILES string of the molecule is OC1CCCCC1CNC(c1cccs1)C1CCCC1. The number of aliphatic hydroxyl groups excluding tert-OH is 1. The topological polar surface area (TPSA) is 32.3 Å². The summed E-state index contributed by atoms with van der Waals surface area (Å²) >= 11 is 1.88. The molecule has 112 valence electrons. The normalized spacial score (nSPS) is 29.6. The zero-order chi connectivity index (χ0) is 13.8. The molecule has 0 spiro atoms. The van der Waals surface area contributed by atoms with Gasteiger partial charge in [0.25, 0.3) is 0 Å². The standard InChI is InChI=1S/C17H27NOS/c19-15-9-4-3-8-14(15)12-18-17(13-6-1-2-7-13)16-10-5-11-20-16/h5,10-11,13-15,17-19H,1-4,6-9,12H2. The first-order valence-corrected chi connectivity index (χ1v) is 9.17. The fourth-order valence-corrected chi connectivity index (χ4v) is 4.86. The number of hydrogen-bond donors (Lipinski definition) is 2. The maximum absolute atomic E-state index is 10.1. The van der Waals surface area contributed by atoms with Crippen molar-refractivity contribution in [3.8, 4) is 0 Å². The molecule has 3 unspecified atom stereocenters. The second-order valence-electron chi connectivity index (χ2n) is 6.56. The molecule has 20 heavy (non-hydrogen) atoms. The zero-order valence-electron chi connectivity index (χ0n) is 12.3. The van der Waals surface area contributed by atoms with E-state index in [-0.39, 0.29) is 6.10 Å². The molecule has 0 aliphatic heterocycles. The van der Waals surface area contributed by atoms with Gasteiger partial charge in [-0.3, -0.25) is 0 Å². The maximum atomic E-state index is 10.1.